The third kappa shape index (κ3) is 5.49. The van der Waals surface area contributed by atoms with E-state index in [0.29, 0.717) is 37.2 Å². The molecule has 1 heterocycles. The molecule has 0 saturated carbocycles. The molecule has 1 saturated heterocycles. The monoisotopic (exact) mass is 406 g/mol. The lowest BCUT2D eigenvalue weighted by Gasteiger charge is -2.31. The van der Waals surface area contributed by atoms with Crippen molar-refractivity contribution < 1.29 is 27.5 Å². The number of nitrogens with one attached hydrogen (secondary N) is 1. The molecule has 1 N–H and O–H groups in total. The lowest BCUT2D eigenvalue weighted by molar-refractivity contribution is -0.274. The highest BCUT2D eigenvalue weighted by Gasteiger charge is 2.31. The highest BCUT2D eigenvalue weighted by Crippen LogP contribution is 2.25. The van der Waals surface area contributed by atoms with Gasteiger partial charge in [-0.25, -0.2) is 0 Å². The minimum Gasteiger partial charge on any atom is -0.406 e. The fourth-order valence-electron chi connectivity index (χ4n) is 3.31. The normalized spacial score (nSPS) is 15.1. The Morgan fingerprint density at radius 2 is 1.66 bits per heavy atom. The number of piperidine rings is 1. The van der Waals surface area contributed by atoms with Crippen LogP contribution in [0, 0.1) is 12.8 Å². The van der Waals surface area contributed by atoms with E-state index < -0.39 is 6.36 Å². The van der Waals surface area contributed by atoms with Crippen LogP contribution in [-0.4, -0.2) is 36.2 Å². The molecule has 0 unspecified atom stereocenters. The molecule has 0 spiro atoms. The van der Waals surface area contributed by atoms with Gasteiger partial charge in [-0.15, -0.1) is 13.2 Å². The number of aryl methyl sites for hydroxylation is 1. The summed E-state index contributed by atoms with van der Waals surface area (Å²) in [6, 6.07) is 12.4. The predicted molar refractivity (Wildman–Crippen MR) is 102 cm³/mol. The number of anilines is 1. The van der Waals surface area contributed by atoms with Gasteiger partial charge in [-0.1, -0.05) is 18.2 Å². The largest absolute Gasteiger partial charge is 0.573 e. The van der Waals surface area contributed by atoms with E-state index in [1.54, 1.807) is 11.0 Å². The zero-order chi connectivity index (χ0) is 21.0. The summed E-state index contributed by atoms with van der Waals surface area (Å²) in [7, 11) is 0. The van der Waals surface area contributed by atoms with Crippen molar-refractivity contribution in [1.29, 1.82) is 0 Å². The Hall–Kier alpha value is -3.03. The van der Waals surface area contributed by atoms with Crippen LogP contribution in [0.1, 0.15) is 28.8 Å². The van der Waals surface area contributed by atoms with Crippen LogP contribution < -0.4 is 10.1 Å². The second-order valence-electron chi connectivity index (χ2n) is 6.94. The summed E-state index contributed by atoms with van der Waals surface area (Å²) in [6.45, 7) is 2.84. The predicted octanol–water partition coefficient (Wildman–Crippen LogP) is 4.38. The summed E-state index contributed by atoms with van der Waals surface area (Å²) in [6.07, 6.45) is -3.70. The first-order valence-electron chi connectivity index (χ1n) is 9.24. The number of carbonyl (C=O) groups is 2. The maximum absolute atomic E-state index is 12.7. The van der Waals surface area contributed by atoms with Gasteiger partial charge in [0.2, 0.25) is 5.91 Å². The number of amides is 2. The molecule has 2 aromatic carbocycles. The van der Waals surface area contributed by atoms with Crippen LogP contribution in [0.5, 0.6) is 5.75 Å². The molecule has 0 aromatic heterocycles. The van der Waals surface area contributed by atoms with Crippen LogP contribution in [0.3, 0.4) is 0 Å². The fraction of sp³-hybridized carbons (Fsp3) is 0.333. The summed E-state index contributed by atoms with van der Waals surface area (Å²) in [5.74, 6) is -0.861. The fourth-order valence-corrected chi connectivity index (χ4v) is 3.31. The van der Waals surface area contributed by atoms with Crippen LogP contribution in [0.25, 0.3) is 0 Å². The summed E-state index contributed by atoms with van der Waals surface area (Å²) < 4.78 is 40.4. The number of rotatable bonds is 4. The van der Waals surface area contributed by atoms with Crippen LogP contribution in [0.15, 0.2) is 48.5 Å². The summed E-state index contributed by atoms with van der Waals surface area (Å²) in [5.41, 5.74) is 1.97. The SMILES string of the molecule is Cc1ccccc1C(=O)N1CCC(C(=O)Nc2ccc(OC(F)(F)F)cc2)CC1. The molecule has 5 nitrogen and oxygen atoms in total. The van der Waals surface area contributed by atoms with Crippen LogP contribution in [0.4, 0.5) is 18.9 Å². The van der Waals surface area contributed by atoms with Gasteiger partial charge in [0, 0.05) is 30.3 Å². The Kier molecular flexibility index (Phi) is 6.10. The van der Waals surface area contributed by atoms with Crippen molar-refractivity contribution in [2.75, 3.05) is 18.4 Å². The smallest absolute Gasteiger partial charge is 0.406 e. The van der Waals surface area contributed by atoms with Gasteiger partial charge in [-0.05, 0) is 55.7 Å². The van der Waals surface area contributed by atoms with Gasteiger partial charge >= 0.3 is 6.36 Å². The van der Waals surface area contributed by atoms with Crippen molar-refractivity contribution in [2.24, 2.45) is 5.92 Å². The molecule has 0 aliphatic carbocycles. The van der Waals surface area contributed by atoms with E-state index in [0.717, 1.165) is 17.7 Å². The molecule has 1 aliphatic rings. The molecule has 2 amide bonds. The Morgan fingerprint density at radius 1 is 1.03 bits per heavy atom. The first-order valence-corrected chi connectivity index (χ1v) is 9.24. The van der Waals surface area contributed by atoms with Gasteiger partial charge in [0.15, 0.2) is 0 Å². The molecule has 0 atom stereocenters. The highest BCUT2D eigenvalue weighted by atomic mass is 19.4. The van der Waals surface area contributed by atoms with Crippen LogP contribution in [0.2, 0.25) is 0 Å². The number of benzene rings is 2. The third-order valence-electron chi connectivity index (χ3n) is 4.88. The van der Waals surface area contributed by atoms with Gasteiger partial charge in [-0.2, -0.15) is 0 Å². The number of hydrogen-bond acceptors (Lipinski definition) is 3. The first-order chi connectivity index (χ1) is 13.7. The average Bonchev–Trinajstić information content (AvgIpc) is 2.68. The number of likely N-dealkylation sites (tertiary alicyclic amines) is 1. The zero-order valence-corrected chi connectivity index (χ0v) is 15.8. The number of halogens is 3. The van der Waals surface area contributed by atoms with Gasteiger partial charge in [-0.3, -0.25) is 9.59 Å². The number of carbonyl (C=O) groups excluding carboxylic acids is 2. The van der Waals surface area contributed by atoms with E-state index in [4.69, 9.17) is 0 Å². The van der Waals surface area contributed by atoms with Crippen molar-refractivity contribution >= 4 is 17.5 Å². The Bertz CT molecular complexity index is 873. The summed E-state index contributed by atoms with van der Waals surface area (Å²) >= 11 is 0. The molecule has 2 aromatic rings. The van der Waals surface area contributed by atoms with Crippen molar-refractivity contribution in [3.05, 3.63) is 59.7 Å². The molecule has 8 heteroatoms. The van der Waals surface area contributed by atoms with Crippen LogP contribution >= 0.6 is 0 Å². The van der Waals surface area contributed by atoms with Crippen molar-refractivity contribution in [3.63, 3.8) is 0 Å². The summed E-state index contributed by atoms with van der Waals surface area (Å²) in [4.78, 5) is 26.9. The van der Waals surface area contributed by atoms with Gasteiger partial charge < -0.3 is 15.0 Å². The Labute approximate surface area is 166 Å². The lowest BCUT2D eigenvalue weighted by Crippen LogP contribution is -2.41. The standard InChI is InChI=1S/C21H21F3N2O3/c1-14-4-2-3-5-18(14)20(28)26-12-10-15(11-13-26)19(27)25-16-6-8-17(9-7-16)29-21(22,23)24/h2-9,15H,10-13H2,1H3,(H,25,27). The second kappa shape index (κ2) is 8.55. The minimum atomic E-state index is -4.76. The topological polar surface area (TPSA) is 58.6 Å². The van der Waals surface area contributed by atoms with E-state index >= 15 is 0 Å². The molecule has 1 fully saturated rings. The average molecular weight is 406 g/mol. The van der Waals surface area contributed by atoms with Crippen LogP contribution in [-0.2, 0) is 4.79 Å². The van der Waals surface area contributed by atoms with Crippen molar-refractivity contribution in [3.8, 4) is 5.75 Å². The highest BCUT2D eigenvalue weighted by molar-refractivity contribution is 5.96. The third-order valence-corrected chi connectivity index (χ3v) is 4.88. The Morgan fingerprint density at radius 3 is 2.24 bits per heavy atom. The van der Waals surface area contributed by atoms with E-state index in [1.165, 1.54) is 12.1 Å². The first kappa shape index (κ1) is 20.7. The second-order valence-corrected chi connectivity index (χ2v) is 6.94. The summed E-state index contributed by atoms with van der Waals surface area (Å²) in [5, 5.41) is 2.71. The van der Waals surface area contributed by atoms with Gasteiger partial charge in [0.1, 0.15) is 5.75 Å². The van der Waals surface area contributed by atoms with Crippen molar-refractivity contribution in [1.82, 2.24) is 4.90 Å². The van der Waals surface area contributed by atoms with E-state index in [2.05, 4.69) is 10.1 Å². The van der Waals surface area contributed by atoms with E-state index in [1.807, 2.05) is 25.1 Å². The van der Waals surface area contributed by atoms with E-state index in [9.17, 15) is 22.8 Å². The number of alkyl halides is 3. The zero-order valence-electron chi connectivity index (χ0n) is 15.8. The molecule has 154 valence electrons. The van der Waals surface area contributed by atoms with Gasteiger partial charge in [0.25, 0.3) is 5.91 Å². The molecule has 0 radical (unpaired) electrons. The van der Waals surface area contributed by atoms with E-state index in [-0.39, 0.29) is 23.5 Å². The molecule has 0 bridgehead atoms. The quantitative estimate of drug-likeness (QED) is 0.820. The maximum atomic E-state index is 12.7. The Balaban J connectivity index is 1.52. The molecular weight excluding hydrogens is 385 g/mol. The molecule has 3 rings (SSSR count). The lowest BCUT2D eigenvalue weighted by atomic mass is 9.95. The number of nitrogens with zero attached hydrogens (tertiary/aromatic N) is 1. The number of ether oxygens (including phenoxy) is 1. The molecular formula is C21H21F3N2O3. The minimum absolute atomic E-state index is 0.0396. The molecule has 1 aliphatic heterocycles. The molecule has 29 heavy (non-hydrogen) atoms. The maximum Gasteiger partial charge on any atom is 0.573 e. The van der Waals surface area contributed by atoms with Gasteiger partial charge in [0.05, 0.1) is 0 Å². The number of hydrogen-bond donors (Lipinski definition) is 1. The van der Waals surface area contributed by atoms with Crippen molar-refractivity contribution in [2.45, 2.75) is 26.1 Å².